The molecule has 1 aliphatic rings. The van der Waals surface area contributed by atoms with E-state index in [1.807, 2.05) is 42.5 Å². The third-order valence-electron chi connectivity index (χ3n) is 3.83. The van der Waals surface area contributed by atoms with Gasteiger partial charge >= 0.3 is 0 Å². The molecule has 23 heavy (non-hydrogen) atoms. The zero-order valence-electron chi connectivity index (χ0n) is 13.0. The Morgan fingerprint density at radius 3 is 2.13 bits per heavy atom. The van der Waals surface area contributed by atoms with Crippen LogP contribution in [0, 0.1) is 0 Å². The molecule has 4 heteroatoms. The van der Waals surface area contributed by atoms with Crippen LogP contribution < -0.4 is 4.90 Å². The topological polar surface area (TPSA) is 18.8 Å². The molecule has 1 fully saturated rings. The van der Waals surface area contributed by atoms with Crippen molar-refractivity contribution in [3.8, 4) is 0 Å². The van der Waals surface area contributed by atoms with E-state index in [1.165, 1.54) is 5.69 Å². The van der Waals surface area contributed by atoms with Crippen LogP contribution in [0.4, 0.5) is 5.69 Å². The Kier molecular flexibility index (Phi) is 5.33. The highest BCUT2D eigenvalue weighted by molar-refractivity contribution is 6.41. The number of piperazine rings is 1. The highest BCUT2D eigenvalue weighted by atomic mass is 35.5. The molecule has 3 rings (SSSR count). The van der Waals surface area contributed by atoms with Gasteiger partial charge in [0.1, 0.15) is 0 Å². The molecule has 0 unspecified atom stereocenters. The Balaban J connectivity index is 1.53. The number of hydrazone groups is 1. The van der Waals surface area contributed by atoms with E-state index in [9.17, 15) is 0 Å². The Bertz CT molecular complexity index is 660. The molecule has 0 aromatic heterocycles. The third-order valence-corrected chi connectivity index (χ3v) is 4.03. The van der Waals surface area contributed by atoms with E-state index in [1.54, 1.807) is 6.21 Å². The SMILES string of the molecule is Cl/C(C=NN1CCN(c2ccccc2)CC1)=C\c1ccccc1. The van der Waals surface area contributed by atoms with Gasteiger partial charge in [-0.05, 0) is 23.8 Å². The highest BCUT2D eigenvalue weighted by Gasteiger charge is 2.15. The molecule has 2 aromatic rings. The lowest BCUT2D eigenvalue weighted by atomic mass is 10.2. The number of halogens is 1. The van der Waals surface area contributed by atoms with Gasteiger partial charge in [0.2, 0.25) is 0 Å². The van der Waals surface area contributed by atoms with Crippen molar-refractivity contribution in [1.82, 2.24) is 5.01 Å². The Labute approximate surface area is 142 Å². The van der Waals surface area contributed by atoms with Crippen molar-refractivity contribution >= 4 is 29.6 Å². The van der Waals surface area contributed by atoms with E-state index in [4.69, 9.17) is 11.6 Å². The van der Waals surface area contributed by atoms with Gasteiger partial charge in [0.05, 0.1) is 24.3 Å². The van der Waals surface area contributed by atoms with Crippen molar-refractivity contribution in [2.24, 2.45) is 5.10 Å². The molecule has 118 valence electrons. The van der Waals surface area contributed by atoms with Gasteiger partial charge in [-0.15, -0.1) is 0 Å². The minimum absolute atomic E-state index is 0.640. The molecule has 0 aliphatic carbocycles. The maximum Gasteiger partial charge on any atom is 0.0657 e. The van der Waals surface area contributed by atoms with E-state index < -0.39 is 0 Å². The van der Waals surface area contributed by atoms with Gasteiger partial charge in [0.25, 0.3) is 0 Å². The summed E-state index contributed by atoms with van der Waals surface area (Å²) in [6.07, 6.45) is 3.65. The Hall–Kier alpha value is -2.26. The van der Waals surface area contributed by atoms with Crippen molar-refractivity contribution in [3.63, 3.8) is 0 Å². The van der Waals surface area contributed by atoms with Crippen LogP contribution in [0.2, 0.25) is 0 Å². The zero-order valence-corrected chi connectivity index (χ0v) is 13.7. The molecule has 0 N–H and O–H groups in total. The van der Waals surface area contributed by atoms with Gasteiger partial charge in [0, 0.05) is 18.8 Å². The predicted molar refractivity (Wildman–Crippen MR) is 99.0 cm³/mol. The van der Waals surface area contributed by atoms with Gasteiger partial charge in [-0.25, -0.2) is 0 Å². The smallest absolute Gasteiger partial charge is 0.0657 e. The van der Waals surface area contributed by atoms with Crippen molar-refractivity contribution in [2.45, 2.75) is 0 Å². The highest BCUT2D eigenvalue weighted by Crippen LogP contribution is 2.16. The average molecular weight is 326 g/mol. The van der Waals surface area contributed by atoms with Crippen molar-refractivity contribution < 1.29 is 0 Å². The predicted octanol–water partition coefficient (Wildman–Crippen LogP) is 4.07. The molecule has 3 nitrogen and oxygen atoms in total. The summed E-state index contributed by atoms with van der Waals surface area (Å²) in [6, 6.07) is 20.5. The first kappa shape index (κ1) is 15.6. The number of hydrogen-bond donors (Lipinski definition) is 0. The van der Waals surface area contributed by atoms with E-state index in [2.05, 4.69) is 39.3 Å². The van der Waals surface area contributed by atoms with E-state index in [-0.39, 0.29) is 0 Å². The van der Waals surface area contributed by atoms with Crippen LogP contribution in [0.15, 0.2) is 70.8 Å². The van der Waals surface area contributed by atoms with Crippen LogP contribution in [-0.2, 0) is 0 Å². The van der Waals surface area contributed by atoms with Gasteiger partial charge in [0.15, 0.2) is 0 Å². The average Bonchev–Trinajstić information content (AvgIpc) is 2.62. The first-order chi connectivity index (χ1) is 11.3. The third kappa shape index (κ3) is 4.60. The fourth-order valence-electron chi connectivity index (χ4n) is 2.59. The number of rotatable bonds is 4. The fourth-order valence-corrected chi connectivity index (χ4v) is 2.76. The molecule has 0 spiro atoms. The summed E-state index contributed by atoms with van der Waals surface area (Å²) < 4.78 is 0. The van der Waals surface area contributed by atoms with Gasteiger partial charge in [-0.3, -0.25) is 5.01 Å². The summed E-state index contributed by atoms with van der Waals surface area (Å²) in [4.78, 5) is 2.38. The second kappa shape index (κ2) is 7.84. The van der Waals surface area contributed by atoms with Crippen LogP contribution in [0.5, 0.6) is 0 Å². The minimum Gasteiger partial charge on any atom is -0.368 e. The maximum atomic E-state index is 6.23. The van der Waals surface area contributed by atoms with E-state index in [0.717, 1.165) is 31.7 Å². The van der Waals surface area contributed by atoms with Crippen LogP contribution >= 0.6 is 11.6 Å². The molecule has 1 saturated heterocycles. The number of allylic oxidation sites excluding steroid dienone is 1. The molecule has 0 saturated carbocycles. The quantitative estimate of drug-likeness (QED) is 0.789. The van der Waals surface area contributed by atoms with Crippen LogP contribution in [0.1, 0.15) is 5.56 Å². The molecule has 1 heterocycles. The summed E-state index contributed by atoms with van der Waals surface area (Å²) >= 11 is 6.23. The summed E-state index contributed by atoms with van der Waals surface area (Å²) in [5.41, 5.74) is 2.36. The second-order valence-electron chi connectivity index (χ2n) is 5.46. The fraction of sp³-hybridized carbons (Fsp3) is 0.211. The Morgan fingerprint density at radius 2 is 1.48 bits per heavy atom. The summed E-state index contributed by atoms with van der Waals surface area (Å²) in [5.74, 6) is 0. The standard InChI is InChI=1S/C19H20ClN3/c20-18(15-17-7-3-1-4-8-17)16-21-23-13-11-22(12-14-23)19-9-5-2-6-10-19/h1-10,15-16H,11-14H2/b18-15-,21-16?. The largest absolute Gasteiger partial charge is 0.368 e. The minimum atomic E-state index is 0.640. The van der Waals surface area contributed by atoms with Gasteiger partial charge < -0.3 is 4.90 Å². The molecule has 0 amide bonds. The number of nitrogens with zero attached hydrogens (tertiary/aromatic N) is 3. The van der Waals surface area contributed by atoms with E-state index >= 15 is 0 Å². The monoisotopic (exact) mass is 325 g/mol. The summed E-state index contributed by atoms with van der Waals surface area (Å²) in [5, 5.41) is 7.20. The molecular formula is C19H20ClN3. The van der Waals surface area contributed by atoms with Crippen LogP contribution in [0.3, 0.4) is 0 Å². The molecular weight excluding hydrogens is 306 g/mol. The summed E-state index contributed by atoms with van der Waals surface area (Å²) in [7, 11) is 0. The molecule has 2 aromatic carbocycles. The number of hydrogen-bond acceptors (Lipinski definition) is 3. The lowest BCUT2D eigenvalue weighted by Gasteiger charge is -2.34. The number of para-hydroxylation sites is 1. The first-order valence-electron chi connectivity index (χ1n) is 7.82. The van der Waals surface area contributed by atoms with E-state index in [0.29, 0.717) is 5.03 Å². The molecule has 0 radical (unpaired) electrons. The molecule has 0 atom stereocenters. The second-order valence-corrected chi connectivity index (χ2v) is 5.90. The van der Waals surface area contributed by atoms with Crippen molar-refractivity contribution in [3.05, 3.63) is 71.3 Å². The van der Waals surface area contributed by atoms with Gasteiger partial charge in [-0.2, -0.15) is 5.10 Å². The lowest BCUT2D eigenvalue weighted by molar-refractivity contribution is 0.272. The Morgan fingerprint density at radius 1 is 0.870 bits per heavy atom. The van der Waals surface area contributed by atoms with Crippen molar-refractivity contribution in [1.29, 1.82) is 0 Å². The lowest BCUT2D eigenvalue weighted by Crippen LogP contribution is -2.44. The van der Waals surface area contributed by atoms with Crippen molar-refractivity contribution in [2.75, 3.05) is 31.1 Å². The summed E-state index contributed by atoms with van der Waals surface area (Å²) in [6.45, 7) is 3.75. The molecule has 0 bridgehead atoms. The first-order valence-corrected chi connectivity index (χ1v) is 8.20. The molecule has 1 aliphatic heterocycles. The van der Waals surface area contributed by atoms with Crippen LogP contribution in [0.25, 0.3) is 6.08 Å². The maximum absolute atomic E-state index is 6.23. The van der Waals surface area contributed by atoms with Crippen LogP contribution in [-0.4, -0.2) is 37.4 Å². The number of anilines is 1. The zero-order chi connectivity index (χ0) is 15.9. The normalized spacial score (nSPS) is 16.1. The number of benzene rings is 2. The van der Waals surface area contributed by atoms with Gasteiger partial charge in [-0.1, -0.05) is 60.1 Å².